The van der Waals surface area contributed by atoms with Crippen LogP contribution in [0.3, 0.4) is 0 Å². The Labute approximate surface area is 117 Å². The van der Waals surface area contributed by atoms with Crippen LogP contribution in [0.15, 0.2) is 41.3 Å². The van der Waals surface area contributed by atoms with Gasteiger partial charge in [0.2, 0.25) is 0 Å². The van der Waals surface area contributed by atoms with Gasteiger partial charge in [0.1, 0.15) is 5.37 Å². The molecule has 1 aromatic rings. The van der Waals surface area contributed by atoms with Crippen molar-refractivity contribution in [1.82, 2.24) is 5.06 Å². The Morgan fingerprint density at radius 1 is 1.40 bits per heavy atom. The zero-order valence-electron chi connectivity index (χ0n) is 10.9. The topological polar surface area (TPSA) is 83.9 Å². The predicted octanol–water partition coefficient (Wildman–Crippen LogP) is 1.31. The molecule has 0 bridgehead atoms. The molecule has 0 aromatic heterocycles. The highest BCUT2D eigenvalue weighted by Crippen LogP contribution is 2.25. The average molecular weight is 297 g/mol. The van der Waals surface area contributed by atoms with E-state index in [0.717, 1.165) is 0 Å². The Morgan fingerprint density at radius 3 is 2.80 bits per heavy atom. The summed E-state index contributed by atoms with van der Waals surface area (Å²) in [5.41, 5.74) is -0.0543. The first-order chi connectivity index (χ1) is 9.46. The van der Waals surface area contributed by atoms with Gasteiger partial charge in [-0.2, -0.15) is 5.06 Å². The van der Waals surface area contributed by atoms with Crippen LogP contribution >= 0.6 is 0 Å². The number of carboxylic acid groups (broad SMARTS) is 1. The molecule has 0 radical (unpaired) electrons. The van der Waals surface area contributed by atoms with E-state index in [1.807, 2.05) is 6.08 Å². The van der Waals surface area contributed by atoms with Gasteiger partial charge in [0.25, 0.3) is 0 Å². The molecule has 0 fully saturated rings. The lowest BCUT2D eigenvalue weighted by Crippen LogP contribution is -2.42. The van der Waals surface area contributed by atoms with E-state index in [1.165, 1.54) is 36.4 Å². The lowest BCUT2D eigenvalue weighted by Gasteiger charge is -2.30. The van der Waals surface area contributed by atoms with Crippen molar-refractivity contribution >= 4 is 15.8 Å². The Kier molecular flexibility index (Phi) is 4.22. The van der Waals surface area contributed by atoms with Gasteiger partial charge in [0.05, 0.1) is 17.6 Å². The summed E-state index contributed by atoms with van der Waals surface area (Å²) in [6.07, 6.45) is 3.90. The van der Waals surface area contributed by atoms with Crippen LogP contribution < -0.4 is 0 Å². The van der Waals surface area contributed by atoms with E-state index in [0.29, 0.717) is 13.0 Å². The Morgan fingerprint density at radius 2 is 2.15 bits per heavy atom. The third kappa shape index (κ3) is 2.74. The van der Waals surface area contributed by atoms with E-state index >= 15 is 0 Å². The van der Waals surface area contributed by atoms with Crippen LogP contribution in [0.2, 0.25) is 0 Å². The van der Waals surface area contributed by atoms with Crippen molar-refractivity contribution in [1.29, 1.82) is 0 Å². The largest absolute Gasteiger partial charge is 0.478 e. The van der Waals surface area contributed by atoms with E-state index in [9.17, 15) is 13.2 Å². The minimum absolute atomic E-state index is 0.0141. The van der Waals surface area contributed by atoms with E-state index in [-0.39, 0.29) is 10.5 Å². The lowest BCUT2D eigenvalue weighted by atomic mass is 10.2. The van der Waals surface area contributed by atoms with Gasteiger partial charge in [0, 0.05) is 6.54 Å². The fraction of sp³-hybridized carbons (Fsp3) is 0.308. The molecule has 2 rings (SSSR count). The van der Waals surface area contributed by atoms with Crippen LogP contribution in [-0.4, -0.2) is 43.6 Å². The molecule has 1 atom stereocenters. The average Bonchev–Trinajstić information content (AvgIpc) is 2.47. The second kappa shape index (κ2) is 5.74. The number of sulfone groups is 1. The second-order valence-electron chi connectivity index (χ2n) is 4.32. The second-order valence-corrected chi connectivity index (χ2v) is 6.43. The van der Waals surface area contributed by atoms with Crippen molar-refractivity contribution in [3.8, 4) is 0 Å². The first kappa shape index (κ1) is 14.7. The minimum atomic E-state index is -3.69. The molecule has 1 aliphatic heterocycles. The van der Waals surface area contributed by atoms with Gasteiger partial charge in [-0.15, -0.1) is 0 Å². The van der Waals surface area contributed by atoms with Gasteiger partial charge in [0.15, 0.2) is 9.84 Å². The molecular weight excluding hydrogens is 282 g/mol. The van der Waals surface area contributed by atoms with E-state index in [4.69, 9.17) is 9.94 Å². The molecule has 7 heteroatoms. The number of carbonyl (C=O) groups is 1. The van der Waals surface area contributed by atoms with Crippen LogP contribution in [0.4, 0.5) is 0 Å². The molecule has 0 aliphatic carbocycles. The fourth-order valence-electron chi connectivity index (χ4n) is 2.06. The van der Waals surface area contributed by atoms with Gasteiger partial charge in [-0.05, 0) is 24.6 Å². The number of carboxylic acids is 1. The van der Waals surface area contributed by atoms with Crippen molar-refractivity contribution in [2.45, 2.75) is 16.7 Å². The summed E-state index contributed by atoms with van der Waals surface area (Å²) in [6, 6.07) is 5.35. The normalized spacial score (nSPS) is 19.9. The molecule has 1 heterocycles. The van der Waals surface area contributed by atoms with Gasteiger partial charge in [-0.3, -0.25) is 0 Å². The Bertz CT molecular complexity index is 638. The van der Waals surface area contributed by atoms with Crippen LogP contribution in [0.25, 0.3) is 0 Å². The summed E-state index contributed by atoms with van der Waals surface area (Å²) in [4.78, 5) is 16.0. The molecule has 0 amide bonds. The van der Waals surface area contributed by atoms with Gasteiger partial charge < -0.3 is 9.94 Å². The SMILES string of the molecule is CON1CC=CCC1S(=O)(=O)c1cccc(C(=O)O)c1. The Hall–Kier alpha value is -1.70. The molecule has 1 aromatic carbocycles. The maximum absolute atomic E-state index is 12.6. The zero-order valence-corrected chi connectivity index (χ0v) is 11.7. The highest BCUT2D eigenvalue weighted by atomic mass is 32.2. The first-order valence-corrected chi connectivity index (χ1v) is 7.54. The summed E-state index contributed by atoms with van der Waals surface area (Å²) >= 11 is 0. The molecule has 0 saturated heterocycles. The summed E-state index contributed by atoms with van der Waals surface area (Å²) in [5.74, 6) is -1.16. The summed E-state index contributed by atoms with van der Waals surface area (Å²) in [6.45, 7) is 0.374. The number of hydroxylamine groups is 2. The fourth-order valence-corrected chi connectivity index (χ4v) is 3.78. The number of nitrogens with zero attached hydrogens (tertiary/aromatic N) is 1. The molecule has 6 nitrogen and oxygen atoms in total. The molecule has 20 heavy (non-hydrogen) atoms. The van der Waals surface area contributed by atoms with Crippen molar-refractivity contribution in [2.75, 3.05) is 13.7 Å². The third-order valence-corrected chi connectivity index (χ3v) is 5.17. The zero-order chi connectivity index (χ0) is 14.8. The maximum Gasteiger partial charge on any atom is 0.335 e. The van der Waals surface area contributed by atoms with Crippen molar-refractivity contribution < 1.29 is 23.2 Å². The molecule has 108 valence electrons. The highest BCUT2D eigenvalue weighted by Gasteiger charge is 2.34. The summed E-state index contributed by atoms with van der Waals surface area (Å²) in [7, 11) is -2.28. The standard InChI is InChI=1S/C13H15NO5S/c1-19-14-8-3-2-7-12(14)20(17,18)11-6-4-5-10(9-11)13(15)16/h2-6,9,12H,7-8H2,1H3,(H,15,16). The van der Waals surface area contributed by atoms with Crippen molar-refractivity contribution in [2.24, 2.45) is 0 Å². The predicted molar refractivity (Wildman–Crippen MR) is 71.8 cm³/mol. The molecule has 1 N–H and O–H groups in total. The number of rotatable bonds is 4. The highest BCUT2D eigenvalue weighted by molar-refractivity contribution is 7.92. The third-order valence-electron chi connectivity index (χ3n) is 3.11. The van der Waals surface area contributed by atoms with Gasteiger partial charge in [-0.1, -0.05) is 18.2 Å². The summed E-state index contributed by atoms with van der Waals surface area (Å²) < 4.78 is 25.2. The lowest BCUT2D eigenvalue weighted by molar-refractivity contribution is -0.135. The van der Waals surface area contributed by atoms with Gasteiger partial charge in [-0.25, -0.2) is 13.2 Å². The van der Waals surface area contributed by atoms with Crippen LogP contribution in [-0.2, 0) is 14.7 Å². The van der Waals surface area contributed by atoms with Crippen LogP contribution in [0.1, 0.15) is 16.8 Å². The first-order valence-electron chi connectivity index (χ1n) is 6.00. The molecule has 0 saturated carbocycles. The van der Waals surface area contributed by atoms with E-state index < -0.39 is 21.2 Å². The molecule has 1 aliphatic rings. The number of hydrogen-bond donors (Lipinski definition) is 1. The number of aromatic carboxylic acids is 1. The van der Waals surface area contributed by atoms with E-state index in [1.54, 1.807) is 6.08 Å². The van der Waals surface area contributed by atoms with Crippen LogP contribution in [0.5, 0.6) is 0 Å². The summed E-state index contributed by atoms with van der Waals surface area (Å²) in [5, 5.41) is 9.46. The molecule has 1 unspecified atom stereocenters. The minimum Gasteiger partial charge on any atom is -0.478 e. The maximum atomic E-state index is 12.6. The quantitative estimate of drug-likeness (QED) is 0.844. The molecular formula is C13H15NO5S. The monoisotopic (exact) mass is 297 g/mol. The van der Waals surface area contributed by atoms with Crippen molar-refractivity contribution in [3.63, 3.8) is 0 Å². The Balaban J connectivity index is 2.41. The number of benzene rings is 1. The van der Waals surface area contributed by atoms with E-state index in [2.05, 4.69) is 0 Å². The van der Waals surface area contributed by atoms with Gasteiger partial charge >= 0.3 is 5.97 Å². The molecule has 0 spiro atoms. The smallest absolute Gasteiger partial charge is 0.335 e. The van der Waals surface area contributed by atoms with Crippen LogP contribution in [0, 0.1) is 0 Å². The van der Waals surface area contributed by atoms with Crippen molar-refractivity contribution in [3.05, 3.63) is 42.0 Å². The number of hydrogen-bond acceptors (Lipinski definition) is 5.